The quantitative estimate of drug-likeness (QED) is 0.573. The van der Waals surface area contributed by atoms with Crippen LogP contribution >= 0.6 is 31.9 Å². The molecule has 0 atom stereocenters. The molecule has 0 bridgehead atoms. The number of anilines is 2. The van der Waals surface area contributed by atoms with E-state index in [1.54, 1.807) is 12.1 Å². The van der Waals surface area contributed by atoms with E-state index in [9.17, 15) is 18.0 Å². The van der Waals surface area contributed by atoms with Crippen LogP contribution in [0.3, 0.4) is 0 Å². The zero-order chi connectivity index (χ0) is 21.2. The van der Waals surface area contributed by atoms with Gasteiger partial charge in [-0.3, -0.25) is 4.79 Å². The number of nitrogens with one attached hydrogen (secondary N) is 1. The van der Waals surface area contributed by atoms with E-state index in [0.29, 0.717) is 40.9 Å². The highest BCUT2D eigenvalue weighted by molar-refractivity contribution is 9.11. The molecule has 1 fully saturated rings. The molecule has 2 aromatic carbocycles. The van der Waals surface area contributed by atoms with Crippen LogP contribution < -0.4 is 15.0 Å². The molecule has 0 spiro atoms. The van der Waals surface area contributed by atoms with E-state index in [1.165, 1.54) is 13.2 Å². The first-order valence-electron chi connectivity index (χ1n) is 8.59. The predicted molar refractivity (Wildman–Crippen MR) is 111 cm³/mol. The van der Waals surface area contributed by atoms with Crippen LogP contribution in [0.15, 0.2) is 39.3 Å². The lowest BCUT2D eigenvalue weighted by Crippen LogP contribution is -2.36. The molecule has 1 amide bonds. The number of benzene rings is 2. The fourth-order valence-corrected chi connectivity index (χ4v) is 4.41. The Morgan fingerprint density at radius 2 is 1.86 bits per heavy atom. The van der Waals surface area contributed by atoms with Crippen LogP contribution in [-0.2, 0) is 10.9 Å². The van der Waals surface area contributed by atoms with E-state index in [1.807, 2.05) is 4.90 Å². The normalized spacial score (nSPS) is 14.6. The number of nitrogens with zero attached hydrogens (tertiary/aromatic N) is 1. The van der Waals surface area contributed by atoms with Crippen LogP contribution in [0.5, 0.6) is 5.75 Å². The molecule has 1 aliphatic rings. The summed E-state index contributed by atoms with van der Waals surface area (Å²) in [6.07, 6.45) is -4.53. The largest absolute Gasteiger partial charge is 0.495 e. The van der Waals surface area contributed by atoms with E-state index in [4.69, 9.17) is 9.47 Å². The monoisotopic (exact) mass is 536 g/mol. The van der Waals surface area contributed by atoms with Gasteiger partial charge < -0.3 is 19.7 Å². The van der Waals surface area contributed by atoms with Gasteiger partial charge in [0.05, 0.1) is 47.3 Å². The Balaban J connectivity index is 2.01. The molecule has 10 heteroatoms. The Bertz CT molecular complexity index is 916. The number of ether oxygens (including phenoxy) is 2. The number of morpholine rings is 1. The fraction of sp³-hybridized carbons (Fsp3) is 0.316. The molecule has 1 aliphatic heterocycles. The van der Waals surface area contributed by atoms with Gasteiger partial charge >= 0.3 is 6.18 Å². The van der Waals surface area contributed by atoms with Crippen LogP contribution in [0.4, 0.5) is 24.5 Å². The third-order valence-corrected chi connectivity index (χ3v) is 5.43. The molecule has 0 unspecified atom stereocenters. The zero-order valence-electron chi connectivity index (χ0n) is 15.3. The first kappa shape index (κ1) is 21.9. The lowest BCUT2D eigenvalue weighted by Gasteiger charge is -2.31. The van der Waals surface area contributed by atoms with Crippen molar-refractivity contribution < 1.29 is 27.4 Å². The summed E-state index contributed by atoms with van der Waals surface area (Å²) < 4.78 is 51.5. The summed E-state index contributed by atoms with van der Waals surface area (Å²) in [5.41, 5.74) is -0.0844. The SMILES string of the molecule is COc1c(Br)cc(Br)cc1C(=O)Nc1cc(C(F)(F)F)ccc1N1CCOCC1. The molecule has 156 valence electrons. The van der Waals surface area contributed by atoms with Gasteiger partial charge in [-0.05, 0) is 46.3 Å². The summed E-state index contributed by atoms with van der Waals surface area (Å²) >= 11 is 6.63. The minimum Gasteiger partial charge on any atom is -0.495 e. The molecular weight excluding hydrogens is 521 g/mol. The van der Waals surface area contributed by atoms with Crippen LogP contribution in [0.1, 0.15) is 15.9 Å². The van der Waals surface area contributed by atoms with Gasteiger partial charge in [-0.2, -0.15) is 13.2 Å². The van der Waals surface area contributed by atoms with Crippen molar-refractivity contribution in [1.29, 1.82) is 0 Å². The second-order valence-corrected chi connectivity index (χ2v) is 8.02. The van der Waals surface area contributed by atoms with E-state index < -0.39 is 17.6 Å². The number of amides is 1. The van der Waals surface area contributed by atoms with E-state index in [2.05, 4.69) is 37.2 Å². The minimum atomic E-state index is -4.53. The number of alkyl halides is 3. The lowest BCUT2D eigenvalue weighted by atomic mass is 10.1. The van der Waals surface area contributed by atoms with Crippen molar-refractivity contribution in [3.63, 3.8) is 0 Å². The highest BCUT2D eigenvalue weighted by Crippen LogP contribution is 2.37. The number of hydrogen-bond acceptors (Lipinski definition) is 4. The number of rotatable bonds is 4. The third kappa shape index (κ3) is 5.04. The minimum absolute atomic E-state index is 0.0740. The molecule has 5 nitrogen and oxygen atoms in total. The summed E-state index contributed by atoms with van der Waals surface area (Å²) in [4.78, 5) is 14.8. The number of methoxy groups -OCH3 is 1. The molecule has 1 N–H and O–H groups in total. The topological polar surface area (TPSA) is 50.8 Å². The van der Waals surface area contributed by atoms with Gasteiger partial charge in [-0.1, -0.05) is 15.9 Å². The number of hydrogen-bond donors (Lipinski definition) is 1. The number of halogens is 5. The average molecular weight is 538 g/mol. The Morgan fingerprint density at radius 3 is 2.48 bits per heavy atom. The van der Waals surface area contributed by atoms with E-state index in [-0.39, 0.29) is 17.0 Å². The van der Waals surface area contributed by atoms with Crippen LogP contribution in [0.2, 0.25) is 0 Å². The summed E-state index contributed by atoms with van der Waals surface area (Å²) in [6, 6.07) is 6.58. The molecule has 29 heavy (non-hydrogen) atoms. The molecule has 1 heterocycles. The Labute approximate surface area is 182 Å². The van der Waals surface area contributed by atoms with Crippen molar-refractivity contribution >= 4 is 49.1 Å². The molecule has 0 saturated carbocycles. The molecule has 0 aromatic heterocycles. The molecular formula is C19H17Br2F3N2O3. The summed E-state index contributed by atoms with van der Waals surface area (Å²) in [5.74, 6) is -0.303. The molecule has 1 saturated heterocycles. The first-order chi connectivity index (χ1) is 13.7. The first-order valence-corrected chi connectivity index (χ1v) is 10.2. The van der Waals surface area contributed by atoms with Crippen LogP contribution in [0, 0.1) is 0 Å². The highest BCUT2D eigenvalue weighted by Gasteiger charge is 2.32. The maximum Gasteiger partial charge on any atom is 0.416 e. The summed E-state index contributed by atoms with van der Waals surface area (Å²) in [7, 11) is 1.41. The second-order valence-electron chi connectivity index (χ2n) is 6.25. The summed E-state index contributed by atoms with van der Waals surface area (Å²) in [5, 5.41) is 2.62. The van der Waals surface area contributed by atoms with Gasteiger partial charge in [0.15, 0.2) is 0 Å². The second kappa shape index (κ2) is 8.93. The predicted octanol–water partition coefficient (Wildman–Crippen LogP) is 5.33. The van der Waals surface area contributed by atoms with E-state index >= 15 is 0 Å². The van der Waals surface area contributed by atoms with Crippen LogP contribution in [0.25, 0.3) is 0 Å². The van der Waals surface area contributed by atoms with Gasteiger partial charge in [0, 0.05) is 17.6 Å². The smallest absolute Gasteiger partial charge is 0.416 e. The molecule has 2 aromatic rings. The Kier molecular flexibility index (Phi) is 6.75. The summed E-state index contributed by atoms with van der Waals surface area (Å²) in [6.45, 7) is 1.95. The van der Waals surface area contributed by atoms with Gasteiger partial charge in [0.25, 0.3) is 5.91 Å². The lowest BCUT2D eigenvalue weighted by molar-refractivity contribution is -0.137. The van der Waals surface area contributed by atoms with Gasteiger partial charge in [-0.25, -0.2) is 0 Å². The van der Waals surface area contributed by atoms with Crippen molar-refractivity contribution in [3.8, 4) is 5.75 Å². The Morgan fingerprint density at radius 1 is 1.17 bits per heavy atom. The van der Waals surface area contributed by atoms with Gasteiger partial charge in [0.2, 0.25) is 0 Å². The van der Waals surface area contributed by atoms with Crippen molar-refractivity contribution in [2.24, 2.45) is 0 Å². The third-order valence-electron chi connectivity index (χ3n) is 4.38. The number of carbonyl (C=O) groups excluding carboxylic acids is 1. The highest BCUT2D eigenvalue weighted by atomic mass is 79.9. The maximum atomic E-state index is 13.2. The zero-order valence-corrected chi connectivity index (χ0v) is 18.4. The van der Waals surface area contributed by atoms with Gasteiger partial charge in [0.1, 0.15) is 5.75 Å². The molecule has 0 radical (unpaired) electrons. The van der Waals surface area contributed by atoms with E-state index in [0.717, 1.165) is 12.1 Å². The van der Waals surface area contributed by atoms with Crippen molar-refractivity contribution in [3.05, 3.63) is 50.4 Å². The van der Waals surface area contributed by atoms with Crippen molar-refractivity contribution in [1.82, 2.24) is 0 Å². The average Bonchev–Trinajstić information content (AvgIpc) is 2.67. The van der Waals surface area contributed by atoms with Crippen molar-refractivity contribution in [2.75, 3.05) is 43.6 Å². The molecule has 0 aliphatic carbocycles. The van der Waals surface area contributed by atoms with Gasteiger partial charge in [-0.15, -0.1) is 0 Å². The fourth-order valence-electron chi connectivity index (χ4n) is 3.02. The molecule has 3 rings (SSSR count). The van der Waals surface area contributed by atoms with Crippen molar-refractivity contribution in [2.45, 2.75) is 6.18 Å². The Hall–Kier alpha value is -1.78. The van der Waals surface area contributed by atoms with Crippen LogP contribution in [-0.4, -0.2) is 39.3 Å². The standard InChI is InChI=1S/C19H17Br2F3N2O3/c1-28-17-13(9-12(20)10-14(17)21)18(27)25-15-8-11(19(22,23)24)2-3-16(15)26-4-6-29-7-5-26/h2-3,8-10H,4-7H2,1H3,(H,25,27). The number of carbonyl (C=O) groups is 1. The maximum absolute atomic E-state index is 13.2.